The van der Waals surface area contributed by atoms with E-state index in [1.54, 1.807) is 24.3 Å². The van der Waals surface area contributed by atoms with Crippen molar-refractivity contribution in [3.8, 4) is 0 Å². The summed E-state index contributed by atoms with van der Waals surface area (Å²) in [5, 5.41) is 13.2. The Labute approximate surface area is 172 Å². The number of alkyl halides is 3. The van der Waals surface area contributed by atoms with Crippen molar-refractivity contribution in [3.63, 3.8) is 0 Å². The Bertz CT molecular complexity index is 866. The molecule has 0 spiro atoms. The van der Waals surface area contributed by atoms with E-state index < -0.39 is 24.1 Å². The first kappa shape index (κ1) is 21.8. The Morgan fingerprint density at radius 1 is 0.967 bits per heavy atom. The number of likely N-dealkylation sites (tertiary alicyclic amines) is 1. The second kappa shape index (κ2) is 8.87. The van der Waals surface area contributed by atoms with Gasteiger partial charge in [0.25, 0.3) is 0 Å². The first-order chi connectivity index (χ1) is 14.2. The normalized spacial score (nSPS) is 17.3. The lowest BCUT2D eigenvalue weighted by Crippen LogP contribution is -2.49. The number of anilines is 1. The highest BCUT2D eigenvalue weighted by Gasteiger charge is 2.56. The topological polar surface area (TPSA) is 69.6 Å². The van der Waals surface area contributed by atoms with Gasteiger partial charge in [-0.25, -0.2) is 0 Å². The number of piperidine rings is 1. The van der Waals surface area contributed by atoms with Crippen molar-refractivity contribution in [1.82, 2.24) is 4.90 Å². The molecule has 2 aromatic carbocycles. The Morgan fingerprint density at radius 3 is 2.03 bits per heavy atom. The largest absolute Gasteiger partial charge is 0.421 e. The quantitative estimate of drug-likeness (QED) is 0.775. The minimum Gasteiger partial charge on any atom is -0.376 e. The van der Waals surface area contributed by atoms with Crippen LogP contribution in [0.3, 0.4) is 0 Å². The number of hydrogen-bond donors (Lipinski definition) is 2. The molecule has 2 aromatic rings. The summed E-state index contributed by atoms with van der Waals surface area (Å²) in [6.45, 7) is 0.322. The molecular formula is C22H23F3N2O3. The number of aliphatic hydroxyl groups is 1. The van der Waals surface area contributed by atoms with Crippen LogP contribution in [-0.4, -0.2) is 41.1 Å². The number of carbonyl (C=O) groups is 2. The van der Waals surface area contributed by atoms with E-state index in [9.17, 15) is 27.9 Å². The minimum atomic E-state index is -5.00. The maximum absolute atomic E-state index is 13.6. The van der Waals surface area contributed by atoms with Crippen LogP contribution in [0.25, 0.3) is 0 Å². The molecule has 30 heavy (non-hydrogen) atoms. The van der Waals surface area contributed by atoms with Crippen molar-refractivity contribution in [2.75, 3.05) is 18.4 Å². The predicted molar refractivity (Wildman–Crippen MR) is 105 cm³/mol. The number of halogens is 3. The number of carbonyl (C=O) groups excluding carboxylic acids is 2. The number of hydrogen-bond acceptors (Lipinski definition) is 3. The number of nitrogens with zero attached hydrogens (tertiary/aromatic N) is 1. The first-order valence-corrected chi connectivity index (χ1v) is 9.69. The van der Waals surface area contributed by atoms with E-state index >= 15 is 0 Å². The predicted octanol–water partition coefficient (Wildman–Crippen LogP) is 3.70. The van der Waals surface area contributed by atoms with E-state index in [-0.39, 0.29) is 30.5 Å². The number of amides is 2. The highest BCUT2D eigenvalue weighted by atomic mass is 19.4. The molecule has 8 heteroatoms. The average molecular weight is 420 g/mol. The van der Waals surface area contributed by atoms with Crippen LogP contribution in [0.1, 0.15) is 24.8 Å². The van der Waals surface area contributed by atoms with Crippen LogP contribution in [0, 0.1) is 5.92 Å². The van der Waals surface area contributed by atoms with Crippen molar-refractivity contribution in [1.29, 1.82) is 0 Å². The molecule has 0 radical (unpaired) electrons. The van der Waals surface area contributed by atoms with Gasteiger partial charge in [0, 0.05) is 24.7 Å². The van der Waals surface area contributed by atoms with Gasteiger partial charge < -0.3 is 15.3 Å². The SMILES string of the molecule is O=C(Nc1ccccc1)C1CCN(C(=O)CC(O)(c2ccccc2)C(F)(F)F)CC1. The summed E-state index contributed by atoms with van der Waals surface area (Å²) in [7, 11) is 0. The maximum atomic E-state index is 13.6. The zero-order chi connectivity index (χ0) is 21.8. The molecule has 0 saturated carbocycles. The van der Waals surface area contributed by atoms with E-state index in [1.807, 2.05) is 6.07 Å². The Kier molecular flexibility index (Phi) is 6.45. The first-order valence-electron chi connectivity index (χ1n) is 9.69. The van der Waals surface area contributed by atoms with E-state index in [0.717, 1.165) is 12.1 Å². The molecule has 1 aliphatic rings. The van der Waals surface area contributed by atoms with Gasteiger partial charge in [0.2, 0.25) is 11.8 Å². The molecule has 1 heterocycles. The summed E-state index contributed by atoms with van der Waals surface area (Å²) in [4.78, 5) is 26.2. The fourth-order valence-corrected chi connectivity index (χ4v) is 3.57. The van der Waals surface area contributed by atoms with Gasteiger partial charge in [-0.1, -0.05) is 48.5 Å². The lowest BCUT2D eigenvalue weighted by Gasteiger charge is -2.35. The van der Waals surface area contributed by atoms with Crippen LogP contribution in [0.4, 0.5) is 18.9 Å². The lowest BCUT2D eigenvalue weighted by atomic mass is 9.88. The van der Waals surface area contributed by atoms with Gasteiger partial charge in [-0.2, -0.15) is 13.2 Å². The third-order valence-corrected chi connectivity index (χ3v) is 5.39. The second-order valence-electron chi connectivity index (χ2n) is 7.41. The van der Waals surface area contributed by atoms with Crippen LogP contribution >= 0.6 is 0 Å². The summed E-state index contributed by atoms with van der Waals surface area (Å²) >= 11 is 0. The second-order valence-corrected chi connectivity index (χ2v) is 7.41. The Morgan fingerprint density at radius 2 is 1.50 bits per heavy atom. The van der Waals surface area contributed by atoms with Gasteiger partial charge in [0.15, 0.2) is 5.60 Å². The van der Waals surface area contributed by atoms with Crippen molar-refractivity contribution in [3.05, 3.63) is 66.2 Å². The monoisotopic (exact) mass is 420 g/mol. The highest BCUT2D eigenvalue weighted by molar-refractivity contribution is 5.92. The van der Waals surface area contributed by atoms with Gasteiger partial charge in [-0.3, -0.25) is 9.59 Å². The van der Waals surface area contributed by atoms with Crippen LogP contribution < -0.4 is 5.32 Å². The standard InChI is InChI=1S/C22H23F3N2O3/c23-22(24,25)21(30,17-7-3-1-4-8-17)15-19(28)27-13-11-16(12-14-27)20(29)26-18-9-5-2-6-10-18/h1-10,16,30H,11-15H2,(H,26,29). The van der Waals surface area contributed by atoms with Gasteiger partial charge in [-0.05, 0) is 30.5 Å². The van der Waals surface area contributed by atoms with Crippen LogP contribution in [0.5, 0.6) is 0 Å². The van der Waals surface area contributed by atoms with Crippen molar-refractivity contribution >= 4 is 17.5 Å². The fourth-order valence-electron chi connectivity index (χ4n) is 3.57. The summed E-state index contributed by atoms with van der Waals surface area (Å²) in [6, 6.07) is 15.6. The molecule has 160 valence electrons. The third-order valence-electron chi connectivity index (χ3n) is 5.39. The molecule has 2 amide bonds. The smallest absolute Gasteiger partial charge is 0.376 e. The molecule has 2 N–H and O–H groups in total. The fraction of sp³-hybridized carbons (Fsp3) is 0.364. The van der Waals surface area contributed by atoms with Gasteiger partial charge >= 0.3 is 6.18 Å². The van der Waals surface area contributed by atoms with Crippen LogP contribution in [0.15, 0.2) is 60.7 Å². The molecule has 1 unspecified atom stereocenters. The molecule has 1 fully saturated rings. The molecule has 0 aromatic heterocycles. The minimum absolute atomic E-state index is 0.161. The summed E-state index contributed by atoms with van der Waals surface area (Å²) in [5.74, 6) is -1.30. The van der Waals surface area contributed by atoms with E-state index in [1.165, 1.54) is 23.1 Å². The zero-order valence-electron chi connectivity index (χ0n) is 16.2. The number of para-hydroxylation sites is 1. The van der Waals surface area contributed by atoms with Crippen molar-refractivity contribution in [2.24, 2.45) is 5.92 Å². The molecule has 0 aliphatic carbocycles. The summed E-state index contributed by atoms with van der Waals surface area (Å²) in [6.07, 6.45) is -5.40. The van der Waals surface area contributed by atoms with Crippen molar-refractivity contribution in [2.45, 2.75) is 31.0 Å². The molecule has 5 nitrogen and oxygen atoms in total. The summed E-state index contributed by atoms with van der Waals surface area (Å²) in [5.41, 5.74) is -2.96. The Hall–Kier alpha value is -2.87. The van der Waals surface area contributed by atoms with Crippen molar-refractivity contribution < 1.29 is 27.9 Å². The Balaban J connectivity index is 1.61. The van der Waals surface area contributed by atoms with Gasteiger partial charge in [-0.15, -0.1) is 0 Å². The van der Waals surface area contributed by atoms with Crippen LogP contribution in [0.2, 0.25) is 0 Å². The molecule has 0 bridgehead atoms. The molecule has 1 saturated heterocycles. The van der Waals surface area contributed by atoms with Gasteiger partial charge in [0.1, 0.15) is 0 Å². The van der Waals surface area contributed by atoms with Crippen LogP contribution in [-0.2, 0) is 15.2 Å². The van der Waals surface area contributed by atoms with Gasteiger partial charge in [0.05, 0.1) is 6.42 Å². The molecule has 1 aliphatic heterocycles. The number of rotatable bonds is 5. The average Bonchev–Trinajstić information content (AvgIpc) is 2.74. The zero-order valence-corrected chi connectivity index (χ0v) is 16.2. The lowest BCUT2D eigenvalue weighted by molar-refractivity contribution is -0.268. The molecule has 3 rings (SSSR count). The van der Waals surface area contributed by atoms with E-state index in [0.29, 0.717) is 18.5 Å². The highest BCUT2D eigenvalue weighted by Crippen LogP contribution is 2.42. The van der Waals surface area contributed by atoms with E-state index in [2.05, 4.69) is 5.32 Å². The molecular weight excluding hydrogens is 397 g/mol. The molecule has 1 atom stereocenters. The van der Waals surface area contributed by atoms with E-state index in [4.69, 9.17) is 0 Å². The third kappa shape index (κ3) is 4.81. The number of nitrogens with one attached hydrogen (secondary N) is 1. The number of benzene rings is 2. The summed E-state index contributed by atoms with van der Waals surface area (Å²) < 4.78 is 40.9. The maximum Gasteiger partial charge on any atom is 0.421 e.